The van der Waals surface area contributed by atoms with E-state index in [1.165, 1.54) is 0 Å². The number of nitrogens with one attached hydrogen (secondary N) is 1. The highest BCUT2D eigenvalue weighted by Crippen LogP contribution is 2.34. The summed E-state index contributed by atoms with van der Waals surface area (Å²) in [6.45, 7) is 12.1. The Morgan fingerprint density at radius 1 is 1.47 bits per heavy atom. The Hall–Kier alpha value is -0.610. The Labute approximate surface area is 117 Å². The first-order valence-corrected chi connectivity index (χ1v) is 7.38. The van der Waals surface area contributed by atoms with Crippen molar-refractivity contribution in [1.82, 2.24) is 10.2 Å². The van der Waals surface area contributed by atoms with Gasteiger partial charge in [-0.3, -0.25) is 4.79 Å². The number of amides is 1. The third-order valence-corrected chi connectivity index (χ3v) is 3.93. The van der Waals surface area contributed by atoms with Crippen LogP contribution in [0.4, 0.5) is 0 Å². The van der Waals surface area contributed by atoms with Gasteiger partial charge in [0.15, 0.2) is 0 Å². The topological polar surface area (TPSA) is 41.6 Å². The van der Waals surface area contributed by atoms with Crippen molar-refractivity contribution in [3.8, 4) is 0 Å². The smallest absolute Gasteiger partial charge is 0.222 e. The van der Waals surface area contributed by atoms with Crippen LogP contribution in [0.3, 0.4) is 0 Å². The minimum Gasteiger partial charge on any atom is -0.383 e. The largest absolute Gasteiger partial charge is 0.383 e. The van der Waals surface area contributed by atoms with Gasteiger partial charge in [0, 0.05) is 32.7 Å². The minimum absolute atomic E-state index is 0.206. The maximum atomic E-state index is 12.1. The fraction of sp³-hybridized carbons (Fsp3) is 0.933. The molecule has 1 aliphatic rings. The van der Waals surface area contributed by atoms with Crippen LogP contribution in [0.15, 0.2) is 0 Å². The van der Waals surface area contributed by atoms with Gasteiger partial charge in [0.2, 0.25) is 5.91 Å². The zero-order valence-corrected chi connectivity index (χ0v) is 13.2. The Morgan fingerprint density at radius 3 is 2.63 bits per heavy atom. The highest BCUT2D eigenvalue weighted by atomic mass is 16.5. The molecule has 0 bridgehead atoms. The maximum absolute atomic E-state index is 12.1. The van der Waals surface area contributed by atoms with Crippen LogP contribution in [0, 0.1) is 11.3 Å². The number of hydrogen-bond donors (Lipinski definition) is 1. The molecule has 0 aliphatic carbocycles. The van der Waals surface area contributed by atoms with E-state index in [4.69, 9.17) is 4.74 Å². The van der Waals surface area contributed by atoms with Crippen molar-refractivity contribution < 1.29 is 9.53 Å². The van der Waals surface area contributed by atoms with Crippen LogP contribution < -0.4 is 5.32 Å². The first-order chi connectivity index (χ1) is 8.88. The second-order valence-electron chi connectivity index (χ2n) is 6.67. The van der Waals surface area contributed by atoms with E-state index >= 15 is 0 Å². The molecule has 0 aromatic carbocycles. The molecule has 1 rings (SSSR count). The van der Waals surface area contributed by atoms with E-state index in [1.54, 1.807) is 7.11 Å². The van der Waals surface area contributed by atoms with Gasteiger partial charge in [-0.05, 0) is 24.3 Å². The van der Waals surface area contributed by atoms with E-state index in [0.29, 0.717) is 24.9 Å². The first kappa shape index (κ1) is 16.4. The van der Waals surface area contributed by atoms with Crippen molar-refractivity contribution in [3.05, 3.63) is 0 Å². The number of carbonyl (C=O) groups excluding carboxylic acids is 1. The molecule has 0 aromatic rings. The number of likely N-dealkylation sites (tertiary alicyclic amines) is 1. The quantitative estimate of drug-likeness (QED) is 0.768. The lowest BCUT2D eigenvalue weighted by Gasteiger charge is -2.28. The molecule has 4 heteroatoms. The average molecular weight is 270 g/mol. The normalized spacial score (nSPS) is 22.1. The Kier molecular flexibility index (Phi) is 6.27. The molecule has 19 heavy (non-hydrogen) atoms. The number of hydrogen-bond acceptors (Lipinski definition) is 3. The van der Waals surface area contributed by atoms with Gasteiger partial charge in [0.05, 0.1) is 6.61 Å². The number of methoxy groups -OCH3 is 1. The standard InChI is InChI=1S/C15H30N2O2/c1-6-7-16-13(11-19-5)10-17-9-12(8-14(17)18)15(2,3)4/h12-13,16H,6-11H2,1-5H3. The van der Waals surface area contributed by atoms with Gasteiger partial charge >= 0.3 is 0 Å². The molecule has 2 unspecified atom stereocenters. The highest BCUT2D eigenvalue weighted by Gasteiger charge is 2.37. The number of nitrogens with zero attached hydrogens (tertiary/aromatic N) is 1. The summed E-state index contributed by atoms with van der Waals surface area (Å²) >= 11 is 0. The van der Waals surface area contributed by atoms with Crippen LogP contribution in [0.2, 0.25) is 0 Å². The van der Waals surface area contributed by atoms with E-state index < -0.39 is 0 Å². The van der Waals surface area contributed by atoms with Crippen LogP contribution in [-0.4, -0.2) is 50.2 Å². The summed E-state index contributed by atoms with van der Waals surface area (Å²) in [6.07, 6.45) is 1.79. The number of ether oxygens (including phenoxy) is 1. The zero-order valence-electron chi connectivity index (χ0n) is 13.2. The van der Waals surface area contributed by atoms with Gasteiger partial charge < -0.3 is 15.0 Å². The second kappa shape index (κ2) is 7.25. The third-order valence-electron chi connectivity index (χ3n) is 3.93. The lowest BCUT2D eigenvalue weighted by Crippen LogP contribution is -2.44. The van der Waals surface area contributed by atoms with Crippen molar-refractivity contribution in [2.75, 3.05) is 33.4 Å². The van der Waals surface area contributed by atoms with E-state index in [0.717, 1.165) is 26.1 Å². The summed E-state index contributed by atoms with van der Waals surface area (Å²) in [5, 5.41) is 3.45. The molecule has 0 spiro atoms. The van der Waals surface area contributed by atoms with Gasteiger partial charge in [0.1, 0.15) is 0 Å². The van der Waals surface area contributed by atoms with E-state index in [9.17, 15) is 4.79 Å². The van der Waals surface area contributed by atoms with Crippen LogP contribution in [-0.2, 0) is 9.53 Å². The average Bonchev–Trinajstić information content (AvgIpc) is 2.68. The molecule has 1 saturated heterocycles. The third kappa shape index (κ3) is 5.11. The van der Waals surface area contributed by atoms with Crippen molar-refractivity contribution in [1.29, 1.82) is 0 Å². The summed E-state index contributed by atoms with van der Waals surface area (Å²) in [6, 6.07) is 0.243. The molecule has 0 radical (unpaired) electrons. The van der Waals surface area contributed by atoms with Crippen molar-refractivity contribution in [2.24, 2.45) is 11.3 Å². The Balaban J connectivity index is 2.52. The summed E-state index contributed by atoms with van der Waals surface area (Å²) in [7, 11) is 1.71. The van der Waals surface area contributed by atoms with Gasteiger partial charge in [-0.1, -0.05) is 27.7 Å². The molecule has 2 atom stereocenters. The van der Waals surface area contributed by atoms with Crippen molar-refractivity contribution in [3.63, 3.8) is 0 Å². The van der Waals surface area contributed by atoms with Crippen LogP contribution in [0.5, 0.6) is 0 Å². The molecule has 4 nitrogen and oxygen atoms in total. The minimum atomic E-state index is 0.206. The molecule has 1 fully saturated rings. The van der Waals surface area contributed by atoms with Crippen LogP contribution in [0.1, 0.15) is 40.5 Å². The molecular formula is C15H30N2O2. The van der Waals surface area contributed by atoms with E-state index in [1.807, 2.05) is 4.90 Å². The van der Waals surface area contributed by atoms with E-state index in [-0.39, 0.29) is 11.5 Å². The van der Waals surface area contributed by atoms with Crippen molar-refractivity contribution >= 4 is 5.91 Å². The first-order valence-electron chi connectivity index (χ1n) is 7.38. The molecule has 1 amide bonds. The monoisotopic (exact) mass is 270 g/mol. The lowest BCUT2D eigenvalue weighted by molar-refractivity contribution is -0.128. The Bertz CT molecular complexity index is 286. The van der Waals surface area contributed by atoms with Gasteiger partial charge in [0.25, 0.3) is 0 Å². The SMILES string of the molecule is CCCNC(COC)CN1CC(C(C)(C)C)CC1=O. The highest BCUT2D eigenvalue weighted by molar-refractivity contribution is 5.78. The Morgan fingerprint density at radius 2 is 2.16 bits per heavy atom. The predicted octanol–water partition coefficient (Wildman–Crippen LogP) is 1.90. The fourth-order valence-corrected chi connectivity index (χ4v) is 2.52. The van der Waals surface area contributed by atoms with Crippen LogP contribution >= 0.6 is 0 Å². The summed E-state index contributed by atoms with van der Waals surface area (Å²) in [5.74, 6) is 0.758. The van der Waals surface area contributed by atoms with Crippen LogP contribution in [0.25, 0.3) is 0 Å². The maximum Gasteiger partial charge on any atom is 0.222 e. The molecule has 1 heterocycles. The molecule has 112 valence electrons. The predicted molar refractivity (Wildman–Crippen MR) is 78.1 cm³/mol. The van der Waals surface area contributed by atoms with Gasteiger partial charge in [-0.15, -0.1) is 0 Å². The number of rotatable bonds is 7. The summed E-state index contributed by atoms with van der Waals surface area (Å²) in [5.41, 5.74) is 0.206. The second-order valence-corrected chi connectivity index (χ2v) is 6.67. The summed E-state index contributed by atoms with van der Waals surface area (Å²) in [4.78, 5) is 14.1. The zero-order chi connectivity index (χ0) is 14.5. The molecule has 1 N–H and O–H groups in total. The van der Waals surface area contributed by atoms with E-state index in [2.05, 4.69) is 33.0 Å². The lowest BCUT2D eigenvalue weighted by atomic mass is 9.80. The molecular weight excluding hydrogens is 240 g/mol. The van der Waals surface area contributed by atoms with Gasteiger partial charge in [-0.25, -0.2) is 0 Å². The fourth-order valence-electron chi connectivity index (χ4n) is 2.52. The molecule has 1 aliphatic heterocycles. The molecule has 0 aromatic heterocycles. The molecule has 0 saturated carbocycles. The van der Waals surface area contributed by atoms with Gasteiger partial charge in [-0.2, -0.15) is 0 Å². The number of carbonyl (C=O) groups is 1. The summed E-state index contributed by atoms with van der Waals surface area (Å²) < 4.78 is 5.24. The van der Waals surface area contributed by atoms with Crippen molar-refractivity contribution in [2.45, 2.75) is 46.6 Å².